The van der Waals surface area contributed by atoms with E-state index in [2.05, 4.69) is 61.2 Å². The summed E-state index contributed by atoms with van der Waals surface area (Å²) in [5.41, 5.74) is 2.30. The van der Waals surface area contributed by atoms with Gasteiger partial charge >= 0.3 is 0 Å². The molecule has 1 aromatic rings. The lowest BCUT2D eigenvalue weighted by Crippen LogP contribution is -2.52. The summed E-state index contributed by atoms with van der Waals surface area (Å²) in [5.74, 6) is 0.688. The molecule has 0 saturated carbocycles. The minimum absolute atomic E-state index is 0.610. The summed E-state index contributed by atoms with van der Waals surface area (Å²) in [6.45, 7) is 8.88. The van der Waals surface area contributed by atoms with Crippen molar-refractivity contribution in [2.45, 2.75) is 45.8 Å². The van der Waals surface area contributed by atoms with Crippen LogP contribution in [0, 0.1) is 12.8 Å². The zero-order valence-corrected chi connectivity index (χ0v) is 12.0. The van der Waals surface area contributed by atoms with E-state index in [0.29, 0.717) is 18.0 Å². The third-order valence-corrected chi connectivity index (χ3v) is 4.38. The number of nitrogens with one attached hydrogen (secondary N) is 1. The zero-order chi connectivity index (χ0) is 13.1. The minimum Gasteiger partial charge on any atom is -0.317 e. The lowest BCUT2D eigenvalue weighted by molar-refractivity contribution is 0.0799. The first-order valence-corrected chi connectivity index (χ1v) is 6.95. The predicted octanol–water partition coefficient (Wildman–Crippen LogP) is 2.21. The van der Waals surface area contributed by atoms with Crippen molar-refractivity contribution in [2.75, 3.05) is 13.6 Å². The molecular formula is C15H25N3. The maximum atomic E-state index is 4.61. The highest BCUT2D eigenvalue weighted by molar-refractivity contribution is 5.10. The molecule has 1 saturated heterocycles. The maximum absolute atomic E-state index is 4.61. The van der Waals surface area contributed by atoms with E-state index >= 15 is 0 Å². The van der Waals surface area contributed by atoms with Crippen LogP contribution in [-0.4, -0.2) is 35.6 Å². The summed E-state index contributed by atoms with van der Waals surface area (Å²) in [6.07, 6.45) is 1.23. The van der Waals surface area contributed by atoms with Crippen molar-refractivity contribution in [3.63, 3.8) is 0 Å². The SMILES string of the molecule is CNC1CCN(Cc2cccc(C)n2)C(C)C1C. The van der Waals surface area contributed by atoms with Crippen molar-refractivity contribution in [2.24, 2.45) is 5.92 Å². The van der Waals surface area contributed by atoms with Crippen molar-refractivity contribution in [1.29, 1.82) is 0 Å². The molecule has 1 fully saturated rings. The largest absolute Gasteiger partial charge is 0.317 e. The molecule has 100 valence electrons. The van der Waals surface area contributed by atoms with Crippen LogP contribution in [-0.2, 0) is 6.54 Å². The van der Waals surface area contributed by atoms with Gasteiger partial charge in [-0.05, 0) is 45.4 Å². The van der Waals surface area contributed by atoms with E-state index in [1.807, 2.05) is 0 Å². The quantitative estimate of drug-likeness (QED) is 0.887. The summed E-state index contributed by atoms with van der Waals surface area (Å²) < 4.78 is 0. The predicted molar refractivity (Wildman–Crippen MR) is 75.5 cm³/mol. The number of aromatic nitrogens is 1. The van der Waals surface area contributed by atoms with E-state index < -0.39 is 0 Å². The molecule has 0 amide bonds. The van der Waals surface area contributed by atoms with Crippen LogP contribution >= 0.6 is 0 Å². The first-order valence-electron chi connectivity index (χ1n) is 6.95. The average molecular weight is 247 g/mol. The van der Waals surface area contributed by atoms with Gasteiger partial charge in [-0.15, -0.1) is 0 Å². The standard InChI is InChI=1S/C15H25N3/c1-11-6-5-7-14(17-11)10-18-9-8-15(16-4)12(2)13(18)3/h5-7,12-13,15-16H,8-10H2,1-4H3. The van der Waals surface area contributed by atoms with Crippen molar-refractivity contribution < 1.29 is 0 Å². The third kappa shape index (κ3) is 2.90. The van der Waals surface area contributed by atoms with Crippen LogP contribution in [0.4, 0.5) is 0 Å². The highest BCUT2D eigenvalue weighted by atomic mass is 15.2. The van der Waals surface area contributed by atoms with Crippen LogP contribution in [0.5, 0.6) is 0 Å². The van der Waals surface area contributed by atoms with Crippen molar-refractivity contribution in [1.82, 2.24) is 15.2 Å². The van der Waals surface area contributed by atoms with Crippen LogP contribution in [0.25, 0.3) is 0 Å². The van der Waals surface area contributed by atoms with Gasteiger partial charge < -0.3 is 5.32 Å². The summed E-state index contributed by atoms with van der Waals surface area (Å²) in [5, 5.41) is 3.44. The molecule has 3 unspecified atom stereocenters. The second kappa shape index (κ2) is 5.81. The molecule has 0 aromatic carbocycles. The van der Waals surface area contributed by atoms with Gasteiger partial charge in [0.2, 0.25) is 0 Å². The maximum Gasteiger partial charge on any atom is 0.0547 e. The first kappa shape index (κ1) is 13.5. The normalized spacial score (nSPS) is 29.4. The van der Waals surface area contributed by atoms with Crippen LogP contribution in [0.3, 0.4) is 0 Å². The number of rotatable bonds is 3. The van der Waals surface area contributed by atoms with Crippen LogP contribution < -0.4 is 5.32 Å². The Balaban J connectivity index is 2.02. The van der Waals surface area contributed by atoms with Crippen molar-refractivity contribution in [3.05, 3.63) is 29.6 Å². The highest BCUT2D eigenvalue weighted by Crippen LogP contribution is 2.24. The van der Waals surface area contributed by atoms with Crippen LogP contribution in [0.1, 0.15) is 31.7 Å². The Morgan fingerprint density at radius 1 is 1.39 bits per heavy atom. The fraction of sp³-hybridized carbons (Fsp3) is 0.667. The van der Waals surface area contributed by atoms with Gasteiger partial charge in [0, 0.05) is 30.9 Å². The Morgan fingerprint density at radius 3 is 2.83 bits per heavy atom. The molecule has 1 aromatic heterocycles. The number of hydrogen-bond donors (Lipinski definition) is 1. The monoisotopic (exact) mass is 247 g/mol. The first-order chi connectivity index (χ1) is 8.61. The number of nitrogens with zero attached hydrogens (tertiary/aromatic N) is 2. The summed E-state index contributed by atoms with van der Waals surface area (Å²) in [4.78, 5) is 7.16. The molecule has 1 aliphatic heterocycles. The van der Waals surface area contributed by atoms with Gasteiger partial charge in [0.05, 0.1) is 5.69 Å². The fourth-order valence-electron chi connectivity index (χ4n) is 2.97. The van der Waals surface area contributed by atoms with E-state index in [1.54, 1.807) is 0 Å². The van der Waals surface area contributed by atoms with Gasteiger partial charge in [-0.3, -0.25) is 9.88 Å². The molecule has 1 N–H and O–H groups in total. The Morgan fingerprint density at radius 2 is 2.17 bits per heavy atom. The molecule has 0 spiro atoms. The number of likely N-dealkylation sites (tertiary alicyclic amines) is 1. The molecule has 0 bridgehead atoms. The average Bonchev–Trinajstić information content (AvgIpc) is 2.35. The van der Waals surface area contributed by atoms with Crippen LogP contribution in [0.2, 0.25) is 0 Å². The molecule has 3 nitrogen and oxygen atoms in total. The topological polar surface area (TPSA) is 28.2 Å². The minimum atomic E-state index is 0.610. The van der Waals surface area contributed by atoms with Gasteiger partial charge in [0.1, 0.15) is 0 Å². The van der Waals surface area contributed by atoms with Gasteiger partial charge in [0.15, 0.2) is 0 Å². The molecule has 0 aliphatic carbocycles. The highest BCUT2D eigenvalue weighted by Gasteiger charge is 2.31. The Hall–Kier alpha value is -0.930. The lowest BCUT2D eigenvalue weighted by atomic mass is 9.87. The fourth-order valence-corrected chi connectivity index (χ4v) is 2.97. The van der Waals surface area contributed by atoms with Gasteiger partial charge in [-0.1, -0.05) is 13.0 Å². The number of piperidine rings is 1. The van der Waals surface area contributed by atoms with Crippen LogP contribution in [0.15, 0.2) is 18.2 Å². The molecule has 2 heterocycles. The lowest BCUT2D eigenvalue weighted by Gasteiger charge is -2.42. The van der Waals surface area contributed by atoms with Gasteiger partial charge in [-0.2, -0.15) is 0 Å². The summed E-state index contributed by atoms with van der Waals surface area (Å²) in [7, 11) is 2.08. The number of pyridine rings is 1. The van der Waals surface area contributed by atoms with E-state index in [-0.39, 0.29) is 0 Å². The third-order valence-electron chi connectivity index (χ3n) is 4.38. The Labute approximate surface area is 111 Å². The smallest absolute Gasteiger partial charge is 0.0547 e. The van der Waals surface area contributed by atoms with Crippen molar-refractivity contribution >= 4 is 0 Å². The molecule has 18 heavy (non-hydrogen) atoms. The molecule has 1 aliphatic rings. The van der Waals surface area contributed by atoms with Gasteiger partial charge in [0.25, 0.3) is 0 Å². The van der Waals surface area contributed by atoms with E-state index in [9.17, 15) is 0 Å². The second-order valence-corrected chi connectivity index (χ2v) is 5.52. The number of hydrogen-bond acceptors (Lipinski definition) is 3. The molecule has 3 heteroatoms. The Bertz CT molecular complexity index is 391. The zero-order valence-electron chi connectivity index (χ0n) is 12.0. The molecule has 2 rings (SSSR count). The number of aryl methyl sites for hydroxylation is 1. The van der Waals surface area contributed by atoms with E-state index in [1.165, 1.54) is 12.1 Å². The van der Waals surface area contributed by atoms with E-state index in [0.717, 1.165) is 18.8 Å². The van der Waals surface area contributed by atoms with E-state index in [4.69, 9.17) is 0 Å². The molecule has 0 radical (unpaired) electrons. The second-order valence-electron chi connectivity index (χ2n) is 5.52. The summed E-state index contributed by atoms with van der Waals surface area (Å²) in [6, 6.07) is 7.56. The van der Waals surface area contributed by atoms with Gasteiger partial charge in [-0.25, -0.2) is 0 Å². The molecule has 3 atom stereocenters. The molecular weight excluding hydrogens is 222 g/mol. The van der Waals surface area contributed by atoms with Crippen molar-refractivity contribution in [3.8, 4) is 0 Å². The Kier molecular flexibility index (Phi) is 4.36. The summed E-state index contributed by atoms with van der Waals surface area (Å²) >= 11 is 0.